The molecule has 0 aliphatic carbocycles. The van der Waals surface area contributed by atoms with Crippen molar-refractivity contribution in [1.82, 2.24) is 0 Å². The van der Waals surface area contributed by atoms with Crippen molar-refractivity contribution in [2.45, 2.75) is 25.7 Å². The van der Waals surface area contributed by atoms with Crippen molar-refractivity contribution in [3.63, 3.8) is 0 Å². The van der Waals surface area contributed by atoms with E-state index < -0.39 is 0 Å². The lowest BCUT2D eigenvalue weighted by Gasteiger charge is -2.28. The average Bonchev–Trinajstić information content (AvgIpc) is 2.12. The number of rotatable bonds is 0. The van der Waals surface area contributed by atoms with E-state index in [9.17, 15) is 4.39 Å². The van der Waals surface area contributed by atoms with Gasteiger partial charge in [0.15, 0.2) is 0 Å². The first-order valence-electron chi connectivity index (χ1n) is 4.34. The molecule has 0 spiro atoms. The third kappa shape index (κ3) is 1.45. The summed E-state index contributed by atoms with van der Waals surface area (Å²) in [5.74, 6) is -0.233. The highest BCUT2D eigenvalue weighted by atomic mass is 19.1. The minimum absolute atomic E-state index is 0.0331. The summed E-state index contributed by atoms with van der Waals surface area (Å²) in [6, 6.07) is 4.46. The zero-order chi connectivity index (χ0) is 9.42. The Labute approximate surface area is 76.5 Å². The number of halogens is 1. The van der Waals surface area contributed by atoms with Gasteiger partial charge in [0.2, 0.25) is 0 Å². The van der Waals surface area contributed by atoms with Gasteiger partial charge in [0.1, 0.15) is 5.82 Å². The lowest BCUT2D eigenvalue weighted by atomic mass is 9.95. The standard InChI is InChI=1S/C10H12FNO/c1-6-10(12)9-4-8(11)3-2-7(9)5-13-6/h2-4,6,10H,5,12H2,1H3. The van der Waals surface area contributed by atoms with Gasteiger partial charge in [-0.25, -0.2) is 4.39 Å². The topological polar surface area (TPSA) is 35.2 Å². The smallest absolute Gasteiger partial charge is 0.123 e. The Morgan fingerprint density at radius 1 is 1.54 bits per heavy atom. The molecule has 70 valence electrons. The zero-order valence-corrected chi connectivity index (χ0v) is 7.46. The van der Waals surface area contributed by atoms with Gasteiger partial charge in [-0.3, -0.25) is 0 Å². The van der Waals surface area contributed by atoms with Crippen molar-refractivity contribution in [2.24, 2.45) is 5.73 Å². The maximum atomic E-state index is 12.9. The van der Waals surface area contributed by atoms with Gasteiger partial charge in [-0.15, -0.1) is 0 Å². The minimum Gasteiger partial charge on any atom is -0.372 e. The Morgan fingerprint density at radius 2 is 2.31 bits per heavy atom. The average molecular weight is 181 g/mol. The van der Waals surface area contributed by atoms with Crippen LogP contribution in [-0.4, -0.2) is 6.10 Å². The summed E-state index contributed by atoms with van der Waals surface area (Å²) in [7, 11) is 0. The van der Waals surface area contributed by atoms with Crippen LogP contribution in [0.1, 0.15) is 24.1 Å². The van der Waals surface area contributed by atoms with Gasteiger partial charge in [0.25, 0.3) is 0 Å². The van der Waals surface area contributed by atoms with Crippen molar-refractivity contribution < 1.29 is 9.13 Å². The maximum absolute atomic E-state index is 12.9. The van der Waals surface area contributed by atoms with Crippen molar-refractivity contribution >= 4 is 0 Å². The molecule has 0 radical (unpaired) electrons. The quantitative estimate of drug-likeness (QED) is 0.661. The molecule has 0 saturated carbocycles. The summed E-state index contributed by atoms with van der Waals surface area (Å²) in [5, 5.41) is 0. The Balaban J connectivity index is 2.45. The molecule has 2 atom stereocenters. The van der Waals surface area contributed by atoms with Crippen molar-refractivity contribution in [3.05, 3.63) is 35.1 Å². The first-order valence-corrected chi connectivity index (χ1v) is 4.34. The van der Waals surface area contributed by atoms with Crippen LogP contribution in [0.2, 0.25) is 0 Å². The molecule has 0 bridgehead atoms. The molecule has 0 amide bonds. The van der Waals surface area contributed by atoms with Gasteiger partial charge in [0.05, 0.1) is 18.8 Å². The molecule has 3 heteroatoms. The molecule has 0 saturated heterocycles. The van der Waals surface area contributed by atoms with E-state index in [4.69, 9.17) is 10.5 Å². The number of hydrogen-bond donors (Lipinski definition) is 1. The maximum Gasteiger partial charge on any atom is 0.123 e. The van der Waals surface area contributed by atoms with Gasteiger partial charge < -0.3 is 10.5 Å². The van der Waals surface area contributed by atoms with Crippen molar-refractivity contribution in [3.8, 4) is 0 Å². The highest BCUT2D eigenvalue weighted by Crippen LogP contribution is 2.27. The van der Waals surface area contributed by atoms with Crippen LogP contribution >= 0.6 is 0 Å². The normalized spacial score (nSPS) is 27.0. The van der Waals surface area contributed by atoms with Crippen molar-refractivity contribution in [1.29, 1.82) is 0 Å². The predicted octanol–water partition coefficient (Wildman–Crippen LogP) is 1.74. The third-order valence-corrected chi connectivity index (χ3v) is 2.47. The van der Waals surface area contributed by atoms with Gasteiger partial charge in [-0.1, -0.05) is 6.07 Å². The first kappa shape index (κ1) is 8.66. The van der Waals surface area contributed by atoms with Crippen LogP contribution in [0.3, 0.4) is 0 Å². The molecule has 2 unspecified atom stereocenters. The summed E-state index contributed by atoms with van der Waals surface area (Å²) in [6.07, 6.45) is -0.0331. The second-order valence-electron chi connectivity index (χ2n) is 3.39. The van der Waals surface area contributed by atoms with E-state index in [1.807, 2.05) is 6.92 Å². The molecule has 0 aromatic heterocycles. The highest BCUT2D eigenvalue weighted by Gasteiger charge is 2.23. The van der Waals surface area contributed by atoms with Gasteiger partial charge in [-0.2, -0.15) is 0 Å². The summed E-state index contributed by atoms with van der Waals surface area (Å²) < 4.78 is 18.3. The fourth-order valence-corrected chi connectivity index (χ4v) is 1.59. The zero-order valence-electron chi connectivity index (χ0n) is 7.46. The minimum atomic E-state index is -0.233. The lowest BCUT2D eigenvalue weighted by molar-refractivity contribution is 0.0212. The summed E-state index contributed by atoms with van der Waals surface area (Å²) >= 11 is 0. The van der Waals surface area contributed by atoms with Gasteiger partial charge in [-0.05, 0) is 30.2 Å². The molecule has 1 aromatic rings. The van der Waals surface area contributed by atoms with E-state index in [-0.39, 0.29) is 18.0 Å². The largest absolute Gasteiger partial charge is 0.372 e. The molecule has 2 N–H and O–H groups in total. The number of fused-ring (bicyclic) bond motifs is 1. The summed E-state index contributed by atoms with van der Waals surface area (Å²) in [5.41, 5.74) is 7.73. The molecular weight excluding hydrogens is 169 g/mol. The molecule has 1 aliphatic rings. The van der Waals surface area contributed by atoms with E-state index in [1.165, 1.54) is 12.1 Å². The number of ether oxygens (including phenoxy) is 1. The van der Waals surface area contributed by atoms with Crippen LogP contribution in [0.5, 0.6) is 0 Å². The SMILES string of the molecule is CC1OCc2ccc(F)cc2C1N. The van der Waals surface area contributed by atoms with Crippen LogP contribution in [0.15, 0.2) is 18.2 Å². The third-order valence-electron chi connectivity index (χ3n) is 2.47. The van der Waals surface area contributed by atoms with Crippen LogP contribution in [0, 0.1) is 5.82 Å². The molecule has 1 heterocycles. The van der Waals surface area contributed by atoms with E-state index in [1.54, 1.807) is 6.07 Å². The number of benzene rings is 1. The monoisotopic (exact) mass is 181 g/mol. The molecule has 13 heavy (non-hydrogen) atoms. The van der Waals surface area contributed by atoms with Crippen LogP contribution in [-0.2, 0) is 11.3 Å². The van der Waals surface area contributed by atoms with E-state index in [0.717, 1.165) is 11.1 Å². The lowest BCUT2D eigenvalue weighted by Crippen LogP contribution is -2.31. The molecular formula is C10H12FNO. The summed E-state index contributed by atoms with van der Waals surface area (Å²) in [4.78, 5) is 0. The molecule has 1 aromatic carbocycles. The number of hydrogen-bond acceptors (Lipinski definition) is 2. The molecule has 2 rings (SSSR count). The highest BCUT2D eigenvalue weighted by molar-refractivity contribution is 5.32. The predicted molar refractivity (Wildman–Crippen MR) is 47.6 cm³/mol. The fraction of sp³-hybridized carbons (Fsp3) is 0.400. The Hall–Kier alpha value is -0.930. The summed E-state index contributed by atoms with van der Waals surface area (Å²) in [6.45, 7) is 2.43. The van der Waals surface area contributed by atoms with Crippen molar-refractivity contribution in [2.75, 3.05) is 0 Å². The Kier molecular flexibility index (Phi) is 2.06. The van der Waals surface area contributed by atoms with Crippen LogP contribution in [0.25, 0.3) is 0 Å². The second-order valence-corrected chi connectivity index (χ2v) is 3.39. The molecule has 2 nitrogen and oxygen atoms in total. The first-order chi connectivity index (χ1) is 6.18. The van der Waals surface area contributed by atoms with E-state index >= 15 is 0 Å². The van der Waals surface area contributed by atoms with Gasteiger partial charge in [0, 0.05) is 0 Å². The molecule has 0 fully saturated rings. The second kappa shape index (κ2) is 3.09. The van der Waals surface area contributed by atoms with E-state index in [0.29, 0.717) is 6.61 Å². The van der Waals surface area contributed by atoms with Crippen LogP contribution < -0.4 is 5.73 Å². The fourth-order valence-electron chi connectivity index (χ4n) is 1.59. The Bertz CT molecular complexity index is 327. The molecule has 1 aliphatic heterocycles. The van der Waals surface area contributed by atoms with Crippen LogP contribution in [0.4, 0.5) is 4.39 Å². The Morgan fingerprint density at radius 3 is 3.08 bits per heavy atom. The van der Waals surface area contributed by atoms with Gasteiger partial charge >= 0.3 is 0 Å². The van der Waals surface area contributed by atoms with E-state index in [2.05, 4.69) is 0 Å². The number of nitrogens with two attached hydrogens (primary N) is 1.